The standard InChI is InChI=1S/C21H21NO2/c1-21(2,3)17-11-9-15(10-12-17)14-22-19(23)13-18(20(22)24)16-7-5-4-6-8-16/h4-13H,14H2,1-3H3. The van der Waals surface area contributed by atoms with Crippen LogP contribution in [0, 0.1) is 0 Å². The summed E-state index contributed by atoms with van der Waals surface area (Å²) in [4.78, 5) is 26.1. The topological polar surface area (TPSA) is 37.4 Å². The summed E-state index contributed by atoms with van der Waals surface area (Å²) in [6.07, 6.45) is 1.43. The Balaban J connectivity index is 1.78. The van der Waals surface area contributed by atoms with Crippen molar-refractivity contribution in [3.05, 3.63) is 77.4 Å². The minimum atomic E-state index is -0.251. The molecule has 0 N–H and O–H groups in total. The zero-order valence-corrected chi connectivity index (χ0v) is 14.2. The average molecular weight is 319 g/mol. The van der Waals surface area contributed by atoms with Crippen molar-refractivity contribution >= 4 is 17.4 Å². The third-order valence-corrected chi connectivity index (χ3v) is 4.25. The van der Waals surface area contributed by atoms with Gasteiger partial charge in [0.1, 0.15) is 0 Å². The van der Waals surface area contributed by atoms with Crippen LogP contribution in [-0.4, -0.2) is 16.7 Å². The minimum absolute atomic E-state index is 0.0832. The van der Waals surface area contributed by atoms with E-state index in [9.17, 15) is 9.59 Å². The molecule has 0 spiro atoms. The van der Waals surface area contributed by atoms with Crippen molar-refractivity contribution in [2.45, 2.75) is 32.7 Å². The monoisotopic (exact) mass is 319 g/mol. The van der Waals surface area contributed by atoms with Gasteiger partial charge in [-0.2, -0.15) is 0 Å². The van der Waals surface area contributed by atoms with E-state index in [2.05, 4.69) is 32.9 Å². The first kappa shape index (κ1) is 16.2. The summed E-state index contributed by atoms with van der Waals surface area (Å²) in [5.74, 6) is -0.482. The lowest BCUT2D eigenvalue weighted by molar-refractivity contribution is -0.137. The van der Waals surface area contributed by atoms with Crippen LogP contribution < -0.4 is 0 Å². The SMILES string of the molecule is CC(C)(C)c1ccc(CN2C(=O)C=C(c3ccccc3)C2=O)cc1. The molecule has 0 radical (unpaired) electrons. The average Bonchev–Trinajstić information content (AvgIpc) is 2.83. The molecule has 3 rings (SSSR count). The van der Waals surface area contributed by atoms with Crippen LogP contribution in [-0.2, 0) is 21.5 Å². The highest BCUT2D eigenvalue weighted by atomic mass is 16.2. The van der Waals surface area contributed by atoms with E-state index in [0.29, 0.717) is 12.1 Å². The molecule has 2 aromatic carbocycles. The normalized spacial score (nSPS) is 15.0. The molecule has 24 heavy (non-hydrogen) atoms. The number of benzene rings is 2. The Morgan fingerprint density at radius 3 is 2.08 bits per heavy atom. The summed E-state index contributed by atoms with van der Waals surface area (Å²) in [5.41, 5.74) is 3.51. The van der Waals surface area contributed by atoms with Crippen molar-refractivity contribution in [2.75, 3.05) is 0 Å². The molecule has 122 valence electrons. The molecule has 0 unspecified atom stereocenters. The molecule has 0 aromatic heterocycles. The number of carbonyl (C=O) groups is 2. The van der Waals surface area contributed by atoms with Crippen molar-refractivity contribution in [1.29, 1.82) is 0 Å². The lowest BCUT2D eigenvalue weighted by atomic mass is 9.87. The van der Waals surface area contributed by atoms with Crippen LogP contribution in [0.1, 0.15) is 37.5 Å². The largest absolute Gasteiger partial charge is 0.270 e. The van der Waals surface area contributed by atoms with Gasteiger partial charge in [0, 0.05) is 6.08 Å². The Morgan fingerprint density at radius 2 is 1.50 bits per heavy atom. The van der Waals surface area contributed by atoms with Gasteiger partial charge < -0.3 is 0 Å². The van der Waals surface area contributed by atoms with Gasteiger partial charge in [0.15, 0.2) is 0 Å². The van der Waals surface area contributed by atoms with Crippen LogP contribution >= 0.6 is 0 Å². The van der Waals surface area contributed by atoms with Gasteiger partial charge in [-0.1, -0.05) is 75.4 Å². The fourth-order valence-electron chi connectivity index (χ4n) is 2.78. The first-order valence-corrected chi connectivity index (χ1v) is 8.08. The van der Waals surface area contributed by atoms with Crippen LogP contribution in [0.4, 0.5) is 0 Å². The molecular formula is C21H21NO2. The molecule has 0 saturated heterocycles. The van der Waals surface area contributed by atoms with Crippen LogP contribution in [0.25, 0.3) is 5.57 Å². The number of imide groups is 1. The van der Waals surface area contributed by atoms with Crippen molar-refractivity contribution < 1.29 is 9.59 Å². The highest BCUT2D eigenvalue weighted by Gasteiger charge is 2.31. The molecule has 1 aliphatic rings. The highest BCUT2D eigenvalue weighted by Crippen LogP contribution is 2.26. The summed E-state index contributed by atoms with van der Waals surface area (Å²) < 4.78 is 0. The molecule has 0 bridgehead atoms. The predicted octanol–water partition coefficient (Wildman–Crippen LogP) is 3.94. The van der Waals surface area contributed by atoms with Crippen LogP contribution in [0.15, 0.2) is 60.7 Å². The molecule has 0 fully saturated rings. The maximum Gasteiger partial charge on any atom is 0.261 e. The molecule has 2 amide bonds. The summed E-state index contributed by atoms with van der Waals surface area (Å²) in [6, 6.07) is 17.4. The van der Waals surface area contributed by atoms with Gasteiger partial charge in [0.05, 0.1) is 12.1 Å². The van der Waals surface area contributed by atoms with E-state index in [0.717, 1.165) is 11.1 Å². The molecule has 1 heterocycles. The molecule has 1 aliphatic heterocycles. The summed E-state index contributed by atoms with van der Waals surface area (Å²) in [7, 11) is 0. The zero-order chi connectivity index (χ0) is 17.3. The summed E-state index contributed by atoms with van der Waals surface area (Å²) in [6.45, 7) is 6.78. The Hall–Kier alpha value is -2.68. The van der Waals surface area contributed by atoms with E-state index < -0.39 is 0 Å². The number of hydrogen-bond donors (Lipinski definition) is 0. The molecule has 3 heteroatoms. The van der Waals surface area contributed by atoms with Crippen molar-refractivity contribution in [2.24, 2.45) is 0 Å². The second-order valence-corrected chi connectivity index (χ2v) is 7.10. The van der Waals surface area contributed by atoms with Gasteiger partial charge in [-0.3, -0.25) is 14.5 Å². The Kier molecular flexibility index (Phi) is 4.10. The van der Waals surface area contributed by atoms with E-state index in [-0.39, 0.29) is 17.2 Å². The second-order valence-electron chi connectivity index (χ2n) is 7.10. The molecule has 2 aromatic rings. The van der Waals surface area contributed by atoms with Crippen molar-refractivity contribution in [3.63, 3.8) is 0 Å². The number of rotatable bonds is 3. The quantitative estimate of drug-likeness (QED) is 0.804. The number of nitrogens with zero attached hydrogens (tertiary/aromatic N) is 1. The molecule has 0 aliphatic carbocycles. The highest BCUT2D eigenvalue weighted by molar-refractivity contribution is 6.33. The van der Waals surface area contributed by atoms with Gasteiger partial charge >= 0.3 is 0 Å². The van der Waals surface area contributed by atoms with Crippen molar-refractivity contribution in [1.82, 2.24) is 4.90 Å². The maximum atomic E-state index is 12.6. The van der Waals surface area contributed by atoms with Gasteiger partial charge in [-0.05, 0) is 22.1 Å². The third kappa shape index (κ3) is 3.16. The number of amides is 2. The van der Waals surface area contributed by atoms with E-state index in [1.807, 2.05) is 42.5 Å². The van der Waals surface area contributed by atoms with E-state index >= 15 is 0 Å². The van der Waals surface area contributed by atoms with Crippen LogP contribution in [0.3, 0.4) is 0 Å². The predicted molar refractivity (Wildman–Crippen MR) is 95.1 cm³/mol. The van der Waals surface area contributed by atoms with Gasteiger partial charge in [0.25, 0.3) is 11.8 Å². The fraction of sp³-hybridized carbons (Fsp3) is 0.238. The van der Waals surface area contributed by atoms with E-state index in [1.54, 1.807) is 0 Å². The first-order valence-electron chi connectivity index (χ1n) is 8.08. The first-order chi connectivity index (χ1) is 11.4. The van der Waals surface area contributed by atoms with Gasteiger partial charge in [-0.15, -0.1) is 0 Å². The summed E-state index contributed by atoms with van der Waals surface area (Å²) >= 11 is 0. The second kappa shape index (κ2) is 6.08. The minimum Gasteiger partial charge on any atom is -0.270 e. The van der Waals surface area contributed by atoms with Crippen molar-refractivity contribution in [3.8, 4) is 0 Å². The fourth-order valence-corrected chi connectivity index (χ4v) is 2.78. The van der Waals surface area contributed by atoms with Crippen LogP contribution in [0.2, 0.25) is 0 Å². The lowest BCUT2D eigenvalue weighted by Crippen LogP contribution is -2.30. The Labute approximate surface area is 142 Å². The number of carbonyl (C=O) groups excluding carboxylic acids is 2. The van der Waals surface area contributed by atoms with Gasteiger partial charge in [-0.25, -0.2) is 0 Å². The third-order valence-electron chi connectivity index (χ3n) is 4.25. The molecule has 0 saturated carbocycles. The van der Waals surface area contributed by atoms with Crippen LogP contribution in [0.5, 0.6) is 0 Å². The molecule has 0 atom stereocenters. The molecule has 3 nitrogen and oxygen atoms in total. The van der Waals surface area contributed by atoms with E-state index in [1.165, 1.54) is 16.5 Å². The van der Waals surface area contributed by atoms with E-state index in [4.69, 9.17) is 0 Å². The summed E-state index contributed by atoms with van der Waals surface area (Å²) in [5, 5.41) is 0. The maximum absolute atomic E-state index is 12.6. The van der Waals surface area contributed by atoms with Gasteiger partial charge in [0.2, 0.25) is 0 Å². The Bertz CT molecular complexity index is 796. The lowest BCUT2D eigenvalue weighted by Gasteiger charge is -2.20. The smallest absolute Gasteiger partial charge is 0.261 e. The zero-order valence-electron chi connectivity index (χ0n) is 14.2. The molecular weight excluding hydrogens is 298 g/mol. The number of hydrogen-bond acceptors (Lipinski definition) is 2. The Morgan fingerprint density at radius 1 is 0.875 bits per heavy atom.